The number of fused-ring (bicyclic) bond motifs is 1. The van der Waals surface area contributed by atoms with Crippen molar-refractivity contribution in [1.29, 1.82) is 0 Å². The van der Waals surface area contributed by atoms with Crippen molar-refractivity contribution in [3.8, 4) is 0 Å². The van der Waals surface area contributed by atoms with E-state index in [1.165, 1.54) is 43.2 Å². The molecule has 2 heteroatoms. The normalized spacial score (nSPS) is 12.0. The van der Waals surface area contributed by atoms with Gasteiger partial charge in [-0.25, -0.2) is 0 Å². The van der Waals surface area contributed by atoms with Gasteiger partial charge in [0.1, 0.15) is 0 Å². The Morgan fingerprint density at radius 2 is 1.65 bits per heavy atom. The fraction of sp³-hybridized carbons (Fsp3) is 0.611. The van der Waals surface area contributed by atoms with E-state index in [-0.39, 0.29) is 0 Å². The van der Waals surface area contributed by atoms with Crippen LogP contribution in [0.15, 0.2) is 24.3 Å². The topological polar surface area (TPSA) is 28.7 Å². The van der Waals surface area contributed by atoms with E-state index in [0.717, 1.165) is 11.9 Å². The van der Waals surface area contributed by atoms with Gasteiger partial charge in [0, 0.05) is 11.1 Å². The molecule has 0 spiro atoms. The van der Waals surface area contributed by atoms with Gasteiger partial charge in [-0.3, -0.25) is 5.10 Å². The molecular formula is C18H30N2. The van der Waals surface area contributed by atoms with Crippen molar-refractivity contribution in [1.82, 2.24) is 10.2 Å². The Morgan fingerprint density at radius 3 is 2.25 bits per heavy atom. The Hall–Kier alpha value is -1.31. The standard InChI is InChI=1S/C11H14N2.C7H16/c1-3-8(2)11-9-6-4-5-7-10(9)12-13-11;1-3-5-7-6-4-2/h4-8H,3H2,1-2H3,(H,12,13);3-7H2,1-2H3. The molecule has 0 aliphatic carbocycles. The van der Waals surface area contributed by atoms with Crippen LogP contribution in [0.2, 0.25) is 0 Å². The Bertz CT molecular complexity index is 469. The summed E-state index contributed by atoms with van der Waals surface area (Å²) in [6, 6.07) is 8.24. The maximum atomic E-state index is 4.26. The SMILES string of the molecule is CCC(C)c1[nH]nc2ccccc12.CCCCCCC. The van der Waals surface area contributed by atoms with Gasteiger partial charge in [0.25, 0.3) is 0 Å². The number of rotatable bonds is 6. The summed E-state index contributed by atoms with van der Waals surface area (Å²) in [5, 5.41) is 8.64. The summed E-state index contributed by atoms with van der Waals surface area (Å²) in [6.45, 7) is 8.91. The molecule has 0 radical (unpaired) electrons. The molecule has 1 N–H and O–H groups in total. The molecular weight excluding hydrogens is 244 g/mol. The molecule has 2 aromatic rings. The first kappa shape index (κ1) is 16.7. The van der Waals surface area contributed by atoms with Crippen molar-refractivity contribution in [3.63, 3.8) is 0 Å². The third-order valence-corrected chi connectivity index (χ3v) is 3.80. The first-order valence-electron chi connectivity index (χ1n) is 8.17. The molecule has 1 atom stereocenters. The highest BCUT2D eigenvalue weighted by atomic mass is 15.1. The second-order valence-electron chi connectivity index (χ2n) is 5.52. The summed E-state index contributed by atoms with van der Waals surface area (Å²) < 4.78 is 0. The average molecular weight is 274 g/mol. The molecule has 2 nitrogen and oxygen atoms in total. The van der Waals surface area contributed by atoms with Crippen molar-refractivity contribution < 1.29 is 0 Å². The van der Waals surface area contributed by atoms with Crippen LogP contribution in [0, 0.1) is 0 Å². The van der Waals surface area contributed by atoms with E-state index in [9.17, 15) is 0 Å². The van der Waals surface area contributed by atoms with Crippen molar-refractivity contribution in [2.75, 3.05) is 0 Å². The van der Waals surface area contributed by atoms with E-state index in [0.29, 0.717) is 5.92 Å². The van der Waals surface area contributed by atoms with E-state index in [2.05, 4.69) is 50.0 Å². The zero-order valence-electron chi connectivity index (χ0n) is 13.6. The van der Waals surface area contributed by atoms with Crippen LogP contribution < -0.4 is 0 Å². The molecule has 1 aromatic carbocycles. The highest BCUT2D eigenvalue weighted by molar-refractivity contribution is 5.81. The smallest absolute Gasteiger partial charge is 0.0923 e. The Labute approximate surface area is 124 Å². The molecule has 1 unspecified atom stereocenters. The lowest BCUT2D eigenvalue weighted by atomic mass is 10.0. The fourth-order valence-electron chi connectivity index (χ4n) is 2.24. The van der Waals surface area contributed by atoms with Crippen LogP contribution in [-0.4, -0.2) is 10.2 Å². The Balaban J connectivity index is 0.000000246. The Kier molecular flexibility index (Phi) is 8.01. The summed E-state index contributed by atoms with van der Waals surface area (Å²) in [5.74, 6) is 0.562. The summed E-state index contributed by atoms with van der Waals surface area (Å²) in [4.78, 5) is 0. The number of nitrogens with one attached hydrogen (secondary N) is 1. The molecule has 1 heterocycles. The average Bonchev–Trinajstić information content (AvgIpc) is 2.92. The lowest BCUT2D eigenvalue weighted by Crippen LogP contribution is -1.91. The molecule has 0 saturated heterocycles. The molecule has 0 bridgehead atoms. The Morgan fingerprint density at radius 1 is 1.00 bits per heavy atom. The van der Waals surface area contributed by atoms with Gasteiger partial charge in [0.15, 0.2) is 0 Å². The van der Waals surface area contributed by atoms with Gasteiger partial charge >= 0.3 is 0 Å². The fourth-order valence-corrected chi connectivity index (χ4v) is 2.24. The maximum Gasteiger partial charge on any atom is 0.0923 e. The number of hydrogen-bond acceptors (Lipinski definition) is 1. The van der Waals surface area contributed by atoms with Gasteiger partial charge in [-0.15, -0.1) is 0 Å². The summed E-state index contributed by atoms with van der Waals surface area (Å²) in [7, 11) is 0. The number of nitrogens with zero attached hydrogens (tertiary/aromatic N) is 1. The summed E-state index contributed by atoms with van der Waals surface area (Å²) in [5.41, 5.74) is 2.33. The van der Waals surface area contributed by atoms with E-state index < -0.39 is 0 Å². The number of unbranched alkanes of at least 4 members (excludes halogenated alkanes) is 4. The zero-order valence-corrected chi connectivity index (χ0v) is 13.6. The third kappa shape index (κ3) is 4.99. The van der Waals surface area contributed by atoms with Gasteiger partial charge in [0.2, 0.25) is 0 Å². The van der Waals surface area contributed by atoms with E-state index in [4.69, 9.17) is 0 Å². The van der Waals surface area contributed by atoms with E-state index in [1.807, 2.05) is 12.1 Å². The van der Waals surface area contributed by atoms with Crippen LogP contribution >= 0.6 is 0 Å². The first-order chi connectivity index (χ1) is 9.74. The van der Waals surface area contributed by atoms with Gasteiger partial charge < -0.3 is 0 Å². The van der Waals surface area contributed by atoms with Crippen LogP contribution in [-0.2, 0) is 0 Å². The minimum Gasteiger partial charge on any atom is -0.281 e. The molecule has 0 fully saturated rings. The summed E-state index contributed by atoms with van der Waals surface area (Å²) in [6.07, 6.45) is 8.15. The lowest BCUT2D eigenvalue weighted by molar-refractivity contribution is 0.656. The van der Waals surface area contributed by atoms with Gasteiger partial charge in [0.05, 0.1) is 5.52 Å². The van der Waals surface area contributed by atoms with Gasteiger partial charge in [-0.2, -0.15) is 5.10 Å². The van der Waals surface area contributed by atoms with Crippen LogP contribution in [0.3, 0.4) is 0 Å². The first-order valence-corrected chi connectivity index (χ1v) is 8.17. The number of hydrogen-bond donors (Lipinski definition) is 1. The van der Waals surface area contributed by atoms with Crippen LogP contribution in [0.5, 0.6) is 0 Å². The molecule has 1 aromatic heterocycles. The van der Waals surface area contributed by atoms with Crippen molar-refractivity contribution in [2.24, 2.45) is 0 Å². The number of aromatic amines is 1. The van der Waals surface area contributed by atoms with Crippen LogP contribution in [0.25, 0.3) is 10.9 Å². The predicted octanol–water partition coefficient (Wildman–Crippen LogP) is 6.05. The van der Waals surface area contributed by atoms with E-state index in [1.54, 1.807) is 0 Å². The highest BCUT2D eigenvalue weighted by Crippen LogP contribution is 2.24. The molecule has 0 saturated carbocycles. The molecule has 0 aliphatic rings. The predicted molar refractivity (Wildman–Crippen MR) is 89.2 cm³/mol. The quantitative estimate of drug-likeness (QED) is 0.638. The van der Waals surface area contributed by atoms with Crippen LogP contribution in [0.4, 0.5) is 0 Å². The maximum absolute atomic E-state index is 4.26. The zero-order chi connectivity index (χ0) is 14.8. The lowest BCUT2D eigenvalue weighted by Gasteiger charge is -2.04. The molecule has 2 rings (SSSR count). The third-order valence-electron chi connectivity index (χ3n) is 3.80. The van der Waals surface area contributed by atoms with Crippen LogP contribution in [0.1, 0.15) is 77.8 Å². The number of H-pyrrole nitrogens is 1. The second-order valence-corrected chi connectivity index (χ2v) is 5.52. The summed E-state index contributed by atoms with van der Waals surface area (Å²) >= 11 is 0. The van der Waals surface area contributed by atoms with E-state index >= 15 is 0 Å². The highest BCUT2D eigenvalue weighted by Gasteiger charge is 2.09. The van der Waals surface area contributed by atoms with Gasteiger partial charge in [-0.1, -0.05) is 78.0 Å². The number of para-hydroxylation sites is 1. The van der Waals surface area contributed by atoms with Crippen molar-refractivity contribution >= 4 is 10.9 Å². The van der Waals surface area contributed by atoms with Crippen molar-refractivity contribution in [2.45, 2.75) is 72.1 Å². The molecule has 112 valence electrons. The minimum absolute atomic E-state index is 0.562. The van der Waals surface area contributed by atoms with Gasteiger partial charge in [-0.05, 0) is 18.4 Å². The molecule has 0 amide bonds. The minimum atomic E-state index is 0.562. The monoisotopic (exact) mass is 274 g/mol. The van der Waals surface area contributed by atoms with Crippen molar-refractivity contribution in [3.05, 3.63) is 30.0 Å². The second kappa shape index (κ2) is 9.57. The molecule has 0 aliphatic heterocycles. The number of aromatic nitrogens is 2. The molecule has 20 heavy (non-hydrogen) atoms. The number of benzene rings is 1. The largest absolute Gasteiger partial charge is 0.281 e.